The van der Waals surface area contributed by atoms with Gasteiger partial charge in [0.2, 0.25) is 0 Å². The summed E-state index contributed by atoms with van der Waals surface area (Å²) in [5.41, 5.74) is 1.83. The number of benzene rings is 2. The minimum absolute atomic E-state index is 0.0319. The van der Waals surface area contributed by atoms with E-state index in [0.29, 0.717) is 12.1 Å². The van der Waals surface area contributed by atoms with Crippen molar-refractivity contribution >= 4 is 28.5 Å². The number of ether oxygens (including phenoxy) is 1. The van der Waals surface area contributed by atoms with Crippen LogP contribution >= 0.6 is 22.6 Å². The summed E-state index contributed by atoms with van der Waals surface area (Å²) >= 11 is 2.24. The molecule has 0 aliphatic carbocycles. The topological polar surface area (TPSA) is 41.6 Å². The van der Waals surface area contributed by atoms with Gasteiger partial charge in [0.25, 0.3) is 5.91 Å². The van der Waals surface area contributed by atoms with Crippen LogP contribution in [0.3, 0.4) is 0 Å². The maximum absolute atomic E-state index is 12.5. The summed E-state index contributed by atoms with van der Waals surface area (Å²) in [6.45, 7) is 2.69. The summed E-state index contributed by atoms with van der Waals surface area (Å²) in [4.78, 5) is 14.9. The predicted octanol–water partition coefficient (Wildman–Crippen LogP) is 3.87. The number of methoxy groups -OCH3 is 1. The average molecular weight is 450 g/mol. The van der Waals surface area contributed by atoms with Gasteiger partial charge in [-0.1, -0.05) is 18.2 Å². The molecule has 1 aliphatic heterocycles. The molecule has 0 saturated carbocycles. The summed E-state index contributed by atoms with van der Waals surface area (Å²) < 4.78 is 6.67. The monoisotopic (exact) mass is 450 g/mol. The van der Waals surface area contributed by atoms with Crippen molar-refractivity contribution in [1.82, 2.24) is 10.2 Å². The zero-order valence-corrected chi connectivity index (χ0v) is 16.5. The Bertz CT molecular complexity index is 712. The van der Waals surface area contributed by atoms with E-state index in [9.17, 15) is 4.79 Å². The number of rotatable bonds is 6. The van der Waals surface area contributed by atoms with Crippen LogP contribution in [0.1, 0.15) is 34.8 Å². The van der Waals surface area contributed by atoms with Crippen LogP contribution in [0.2, 0.25) is 0 Å². The van der Waals surface area contributed by atoms with Gasteiger partial charge in [0.1, 0.15) is 5.75 Å². The van der Waals surface area contributed by atoms with E-state index in [4.69, 9.17) is 4.74 Å². The molecule has 1 unspecified atom stereocenters. The fraction of sp³-hybridized carbons (Fsp3) is 0.350. The van der Waals surface area contributed by atoms with Crippen LogP contribution < -0.4 is 10.1 Å². The highest BCUT2D eigenvalue weighted by atomic mass is 127. The number of hydrogen-bond acceptors (Lipinski definition) is 3. The van der Waals surface area contributed by atoms with E-state index in [-0.39, 0.29) is 11.9 Å². The SMILES string of the molecule is COc1ccccc1C(CNC(=O)c1ccc(I)cc1)N1CCCC1. The fourth-order valence-electron chi connectivity index (χ4n) is 3.32. The lowest BCUT2D eigenvalue weighted by atomic mass is 10.0. The lowest BCUT2D eigenvalue weighted by Gasteiger charge is -2.29. The highest BCUT2D eigenvalue weighted by Gasteiger charge is 2.26. The van der Waals surface area contributed by atoms with Gasteiger partial charge in [-0.2, -0.15) is 0 Å². The van der Waals surface area contributed by atoms with Gasteiger partial charge in [-0.15, -0.1) is 0 Å². The Balaban J connectivity index is 1.76. The molecule has 0 aromatic heterocycles. The first kappa shape index (κ1) is 18.2. The third-order valence-electron chi connectivity index (χ3n) is 4.64. The average Bonchev–Trinajstić information content (AvgIpc) is 3.17. The number of nitrogens with zero attached hydrogens (tertiary/aromatic N) is 1. The van der Waals surface area contributed by atoms with Gasteiger partial charge in [-0.3, -0.25) is 9.69 Å². The number of amides is 1. The normalized spacial score (nSPS) is 15.8. The van der Waals surface area contributed by atoms with Crippen molar-refractivity contribution in [2.24, 2.45) is 0 Å². The van der Waals surface area contributed by atoms with Gasteiger partial charge in [0.15, 0.2) is 0 Å². The van der Waals surface area contributed by atoms with Crippen molar-refractivity contribution in [3.05, 3.63) is 63.2 Å². The molecule has 5 heteroatoms. The molecular weight excluding hydrogens is 427 g/mol. The summed E-state index contributed by atoms with van der Waals surface area (Å²) in [5, 5.41) is 3.11. The molecule has 0 radical (unpaired) electrons. The summed E-state index contributed by atoms with van der Waals surface area (Å²) in [7, 11) is 1.70. The third kappa shape index (κ3) is 4.52. The van der Waals surface area contributed by atoms with Crippen molar-refractivity contribution in [3.63, 3.8) is 0 Å². The van der Waals surface area contributed by atoms with Gasteiger partial charge in [-0.05, 0) is 78.9 Å². The number of halogens is 1. The van der Waals surface area contributed by atoms with Crippen molar-refractivity contribution in [2.45, 2.75) is 18.9 Å². The molecule has 132 valence electrons. The standard InChI is InChI=1S/C20H23IN2O2/c1-25-19-7-3-2-6-17(19)18(23-12-4-5-13-23)14-22-20(24)15-8-10-16(21)11-9-15/h2-3,6-11,18H,4-5,12-14H2,1H3,(H,22,24). The minimum atomic E-state index is -0.0319. The molecule has 0 spiro atoms. The first-order valence-corrected chi connectivity index (χ1v) is 9.67. The van der Waals surface area contributed by atoms with Crippen molar-refractivity contribution in [3.8, 4) is 5.75 Å². The first-order valence-electron chi connectivity index (χ1n) is 8.60. The maximum atomic E-state index is 12.5. The van der Waals surface area contributed by atoms with E-state index in [1.165, 1.54) is 12.8 Å². The molecule has 1 N–H and O–H groups in total. The molecule has 2 aromatic carbocycles. The van der Waals surface area contributed by atoms with Gasteiger partial charge in [0.05, 0.1) is 13.2 Å². The molecular formula is C20H23IN2O2. The summed E-state index contributed by atoms with van der Waals surface area (Å²) in [5.74, 6) is 0.846. The number of nitrogens with one attached hydrogen (secondary N) is 1. The smallest absolute Gasteiger partial charge is 0.251 e. The fourth-order valence-corrected chi connectivity index (χ4v) is 3.68. The van der Waals surface area contributed by atoms with Gasteiger partial charge < -0.3 is 10.1 Å². The summed E-state index contributed by atoms with van der Waals surface area (Å²) in [6.07, 6.45) is 2.41. The lowest BCUT2D eigenvalue weighted by molar-refractivity contribution is 0.0937. The molecule has 25 heavy (non-hydrogen) atoms. The quantitative estimate of drug-likeness (QED) is 0.680. The van der Waals surface area contributed by atoms with E-state index in [1.54, 1.807) is 7.11 Å². The minimum Gasteiger partial charge on any atom is -0.496 e. The molecule has 4 nitrogen and oxygen atoms in total. The van der Waals surface area contributed by atoms with E-state index >= 15 is 0 Å². The van der Waals surface area contributed by atoms with Crippen LogP contribution in [0.25, 0.3) is 0 Å². The third-order valence-corrected chi connectivity index (χ3v) is 5.36. The van der Waals surface area contributed by atoms with Crippen LogP contribution in [0.4, 0.5) is 0 Å². The molecule has 0 bridgehead atoms. The van der Waals surface area contributed by atoms with Crippen LogP contribution in [0.5, 0.6) is 5.75 Å². The van der Waals surface area contributed by atoms with E-state index < -0.39 is 0 Å². The predicted molar refractivity (Wildman–Crippen MR) is 108 cm³/mol. The second-order valence-corrected chi connectivity index (χ2v) is 7.46. The molecule has 1 aliphatic rings. The van der Waals surface area contributed by atoms with Gasteiger partial charge >= 0.3 is 0 Å². The van der Waals surface area contributed by atoms with Crippen LogP contribution in [-0.2, 0) is 0 Å². The Kier molecular flexibility index (Phi) is 6.31. The van der Waals surface area contributed by atoms with E-state index in [1.807, 2.05) is 42.5 Å². The second kappa shape index (κ2) is 8.67. The Morgan fingerprint density at radius 2 is 1.84 bits per heavy atom. The number of carbonyl (C=O) groups is 1. The summed E-state index contributed by atoms with van der Waals surface area (Å²) in [6, 6.07) is 15.9. The Morgan fingerprint density at radius 1 is 1.16 bits per heavy atom. The lowest BCUT2D eigenvalue weighted by Crippen LogP contribution is -2.37. The number of para-hydroxylation sites is 1. The molecule has 1 heterocycles. The zero-order chi connectivity index (χ0) is 17.6. The number of hydrogen-bond donors (Lipinski definition) is 1. The van der Waals surface area contributed by atoms with Crippen LogP contribution in [-0.4, -0.2) is 37.6 Å². The largest absolute Gasteiger partial charge is 0.496 e. The van der Waals surface area contributed by atoms with Crippen molar-refractivity contribution in [2.75, 3.05) is 26.7 Å². The van der Waals surface area contributed by atoms with Gasteiger partial charge in [-0.25, -0.2) is 0 Å². The zero-order valence-electron chi connectivity index (χ0n) is 14.4. The maximum Gasteiger partial charge on any atom is 0.251 e. The van der Waals surface area contributed by atoms with Gasteiger partial charge in [0, 0.05) is 21.2 Å². The van der Waals surface area contributed by atoms with Crippen molar-refractivity contribution < 1.29 is 9.53 Å². The van der Waals surface area contributed by atoms with E-state index in [0.717, 1.165) is 28.0 Å². The highest BCUT2D eigenvalue weighted by Crippen LogP contribution is 2.31. The molecule has 1 saturated heterocycles. The Labute approximate surface area is 162 Å². The molecule has 1 atom stereocenters. The first-order chi connectivity index (χ1) is 12.2. The Morgan fingerprint density at radius 3 is 2.52 bits per heavy atom. The highest BCUT2D eigenvalue weighted by molar-refractivity contribution is 14.1. The number of likely N-dealkylation sites (tertiary alicyclic amines) is 1. The number of carbonyl (C=O) groups excluding carboxylic acids is 1. The molecule has 1 fully saturated rings. The second-order valence-electron chi connectivity index (χ2n) is 6.22. The van der Waals surface area contributed by atoms with Crippen molar-refractivity contribution in [1.29, 1.82) is 0 Å². The van der Waals surface area contributed by atoms with Crippen LogP contribution in [0.15, 0.2) is 48.5 Å². The molecule has 1 amide bonds. The molecule has 2 aromatic rings. The van der Waals surface area contributed by atoms with Crippen LogP contribution in [0, 0.1) is 3.57 Å². The van der Waals surface area contributed by atoms with E-state index in [2.05, 4.69) is 38.9 Å². The Hall–Kier alpha value is -1.60. The molecule has 3 rings (SSSR count).